The van der Waals surface area contributed by atoms with Gasteiger partial charge >= 0.3 is 16.6 Å². The Bertz CT molecular complexity index is 1050. The largest absolute Gasteiger partial charge is 0.448 e. The van der Waals surface area contributed by atoms with Gasteiger partial charge in [0.1, 0.15) is 5.56 Å². The van der Waals surface area contributed by atoms with Gasteiger partial charge in [-0.1, -0.05) is 18.5 Å². The topological polar surface area (TPSA) is 103 Å². The van der Waals surface area contributed by atoms with Crippen molar-refractivity contribution in [3.63, 3.8) is 0 Å². The molecule has 0 spiro atoms. The number of halogens is 4. The maximum absolute atomic E-state index is 13.3. The number of hydrogen-bond donors (Lipinski definition) is 1. The van der Waals surface area contributed by atoms with Crippen molar-refractivity contribution in [2.75, 3.05) is 7.11 Å². The van der Waals surface area contributed by atoms with E-state index in [9.17, 15) is 31.2 Å². The molecule has 2 rings (SSSR count). The molecule has 0 radical (unpaired) electrons. The lowest BCUT2D eigenvalue weighted by Gasteiger charge is -2.15. The van der Waals surface area contributed by atoms with E-state index in [-0.39, 0.29) is 6.42 Å². The Morgan fingerprint density at radius 2 is 1.92 bits per heavy atom. The van der Waals surface area contributed by atoms with Gasteiger partial charge in [-0.05, 0) is 12.1 Å². The molecular formula is C14H11ClF3NO6S. The van der Waals surface area contributed by atoms with Gasteiger partial charge in [0.05, 0.1) is 18.2 Å². The third-order valence-electron chi connectivity index (χ3n) is 3.34. The van der Waals surface area contributed by atoms with Crippen molar-refractivity contribution in [2.45, 2.75) is 19.5 Å². The number of ketones is 1. The van der Waals surface area contributed by atoms with Crippen molar-refractivity contribution in [1.82, 2.24) is 4.98 Å². The fourth-order valence-corrected chi connectivity index (χ4v) is 2.87. The van der Waals surface area contributed by atoms with E-state index in [1.54, 1.807) is 0 Å². The van der Waals surface area contributed by atoms with Gasteiger partial charge in [0, 0.05) is 16.8 Å². The number of Topliss-reactive ketones (excluding diaryl/α,β-unsaturated/α-hetero) is 1. The molecule has 0 aliphatic heterocycles. The molecular weight excluding hydrogens is 403 g/mol. The summed E-state index contributed by atoms with van der Waals surface area (Å²) in [6, 6.07) is 1.49. The number of benzene rings is 1. The Hall–Kier alpha value is -2.11. The van der Waals surface area contributed by atoms with Crippen LogP contribution in [0, 0.1) is 0 Å². The first-order valence-corrected chi connectivity index (χ1v) is 8.62. The van der Waals surface area contributed by atoms with Crippen LogP contribution in [0.25, 0.3) is 10.9 Å². The standard InChI is InChI=1S/C14H11ClF3NO6S/c1-3-9(20)10-12(25-26(22,23)24-2)7-4-6(15)5-8(14(16,17)18)11(7)19-13(10)21/h4-5H,3H2,1-2H3,(H,19,21). The van der Waals surface area contributed by atoms with Crippen LogP contribution in [0.3, 0.4) is 0 Å². The molecule has 0 unspecified atom stereocenters. The minimum atomic E-state index is -4.92. The molecule has 0 saturated heterocycles. The highest BCUT2D eigenvalue weighted by Crippen LogP contribution is 2.39. The van der Waals surface area contributed by atoms with Gasteiger partial charge in [-0.3, -0.25) is 9.59 Å². The second-order valence-corrected chi connectivity index (χ2v) is 6.72. The second-order valence-electron chi connectivity index (χ2n) is 4.97. The molecule has 142 valence electrons. The quantitative estimate of drug-likeness (QED) is 0.756. The van der Waals surface area contributed by atoms with Crippen LogP contribution >= 0.6 is 11.6 Å². The number of pyridine rings is 1. The third kappa shape index (κ3) is 3.84. The Morgan fingerprint density at radius 3 is 2.42 bits per heavy atom. The molecule has 0 atom stereocenters. The highest BCUT2D eigenvalue weighted by molar-refractivity contribution is 7.82. The van der Waals surface area contributed by atoms with E-state index < -0.39 is 60.7 Å². The van der Waals surface area contributed by atoms with Crippen molar-refractivity contribution >= 4 is 38.7 Å². The van der Waals surface area contributed by atoms with Crippen LogP contribution in [0.5, 0.6) is 5.75 Å². The van der Waals surface area contributed by atoms with Gasteiger partial charge in [-0.2, -0.15) is 21.6 Å². The molecule has 12 heteroatoms. The summed E-state index contributed by atoms with van der Waals surface area (Å²) < 4.78 is 71.7. The van der Waals surface area contributed by atoms with Crippen molar-refractivity contribution in [3.8, 4) is 5.75 Å². The number of H-pyrrole nitrogens is 1. The van der Waals surface area contributed by atoms with Gasteiger partial charge in [-0.25, -0.2) is 4.18 Å². The SMILES string of the molecule is CCC(=O)c1c(OS(=O)(=O)OC)c2cc(Cl)cc(C(F)(F)F)c2[nH]c1=O. The molecule has 0 aliphatic carbocycles. The van der Waals surface area contributed by atoms with Crippen LogP contribution in [-0.4, -0.2) is 26.3 Å². The first-order chi connectivity index (χ1) is 11.9. The lowest BCUT2D eigenvalue weighted by atomic mass is 10.0. The summed E-state index contributed by atoms with van der Waals surface area (Å²) >= 11 is 5.70. The Balaban J connectivity index is 3.05. The predicted molar refractivity (Wildman–Crippen MR) is 85.8 cm³/mol. The van der Waals surface area contributed by atoms with Crippen molar-refractivity contribution < 1.29 is 34.7 Å². The first-order valence-electron chi connectivity index (χ1n) is 6.91. The molecule has 1 aromatic heterocycles. The highest BCUT2D eigenvalue weighted by atomic mass is 35.5. The summed E-state index contributed by atoms with van der Waals surface area (Å²) in [6.07, 6.45) is -5.15. The summed E-state index contributed by atoms with van der Waals surface area (Å²) in [5.41, 5.74) is -4.09. The molecule has 1 aromatic carbocycles. The van der Waals surface area contributed by atoms with Crippen molar-refractivity contribution in [1.29, 1.82) is 0 Å². The average molecular weight is 414 g/mol. The molecule has 7 nitrogen and oxygen atoms in total. The van der Waals surface area contributed by atoms with Crippen molar-refractivity contribution in [3.05, 3.63) is 38.6 Å². The normalized spacial score (nSPS) is 12.4. The van der Waals surface area contributed by atoms with E-state index in [1.807, 2.05) is 4.98 Å². The van der Waals surface area contributed by atoms with E-state index in [4.69, 9.17) is 11.6 Å². The van der Waals surface area contributed by atoms with E-state index in [0.717, 1.165) is 13.2 Å². The Kier molecular flexibility index (Phi) is 5.36. The lowest BCUT2D eigenvalue weighted by molar-refractivity contribution is -0.136. The summed E-state index contributed by atoms with van der Waals surface area (Å²) in [4.78, 5) is 26.2. The molecule has 0 fully saturated rings. The van der Waals surface area contributed by atoms with Gasteiger partial charge in [0.15, 0.2) is 11.5 Å². The molecule has 1 heterocycles. The van der Waals surface area contributed by atoms with E-state index in [2.05, 4.69) is 8.37 Å². The monoisotopic (exact) mass is 413 g/mol. The van der Waals surface area contributed by atoms with E-state index in [1.165, 1.54) is 6.92 Å². The minimum Gasteiger partial charge on any atom is -0.360 e. The maximum atomic E-state index is 13.3. The first kappa shape index (κ1) is 20.2. The maximum Gasteiger partial charge on any atom is 0.448 e. The highest BCUT2D eigenvalue weighted by Gasteiger charge is 2.35. The van der Waals surface area contributed by atoms with Gasteiger partial charge < -0.3 is 9.17 Å². The third-order valence-corrected chi connectivity index (χ3v) is 4.33. The second kappa shape index (κ2) is 6.89. The summed E-state index contributed by atoms with van der Waals surface area (Å²) in [5, 5.41) is -0.923. The van der Waals surface area contributed by atoms with Gasteiger partial charge in [-0.15, -0.1) is 0 Å². The van der Waals surface area contributed by atoms with Crippen LogP contribution in [-0.2, 0) is 20.8 Å². The predicted octanol–water partition coefficient (Wildman–Crippen LogP) is 3.06. The number of nitrogens with one attached hydrogen (secondary N) is 1. The van der Waals surface area contributed by atoms with Crippen LogP contribution in [0.15, 0.2) is 16.9 Å². The molecule has 0 amide bonds. The summed E-state index contributed by atoms with van der Waals surface area (Å²) in [7, 11) is -4.00. The van der Waals surface area contributed by atoms with Crippen LogP contribution in [0.1, 0.15) is 29.3 Å². The van der Waals surface area contributed by atoms with Crippen molar-refractivity contribution in [2.24, 2.45) is 0 Å². The fraction of sp³-hybridized carbons (Fsp3) is 0.286. The smallest absolute Gasteiger partial charge is 0.360 e. The van der Waals surface area contributed by atoms with Gasteiger partial charge in [0.2, 0.25) is 0 Å². The van der Waals surface area contributed by atoms with Crippen LogP contribution in [0.4, 0.5) is 13.2 Å². The zero-order valence-corrected chi connectivity index (χ0v) is 14.8. The number of aromatic nitrogens is 1. The minimum absolute atomic E-state index is 0.231. The number of rotatable bonds is 5. The number of fused-ring (bicyclic) bond motifs is 1. The van der Waals surface area contributed by atoms with Gasteiger partial charge in [0.25, 0.3) is 5.56 Å². The fourth-order valence-electron chi connectivity index (χ4n) is 2.21. The molecule has 0 aliphatic rings. The number of hydrogen-bond acceptors (Lipinski definition) is 6. The number of alkyl halides is 3. The molecule has 0 saturated carbocycles. The number of aromatic amines is 1. The molecule has 26 heavy (non-hydrogen) atoms. The average Bonchev–Trinajstić information content (AvgIpc) is 2.53. The molecule has 1 N–H and O–H groups in total. The summed E-state index contributed by atoms with van der Waals surface area (Å²) in [6.45, 7) is 1.37. The van der Waals surface area contributed by atoms with Crippen LogP contribution < -0.4 is 9.74 Å². The zero-order valence-electron chi connectivity index (χ0n) is 13.2. The van der Waals surface area contributed by atoms with E-state index >= 15 is 0 Å². The molecule has 2 aromatic rings. The van der Waals surface area contributed by atoms with E-state index in [0.29, 0.717) is 6.07 Å². The Labute approximate surface area is 150 Å². The zero-order chi connectivity index (χ0) is 19.9. The van der Waals surface area contributed by atoms with Crippen LogP contribution in [0.2, 0.25) is 5.02 Å². The lowest BCUT2D eigenvalue weighted by Crippen LogP contribution is -2.23. The number of carbonyl (C=O) groups is 1. The number of carbonyl (C=O) groups excluding carboxylic acids is 1. The molecule has 0 bridgehead atoms. The summed E-state index contributed by atoms with van der Waals surface area (Å²) in [5.74, 6) is -1.73. The Morgan fingerprint density at radius 1 is 1.31 bits per heavy atom.